The van der Waals surface area contributed by atoms with Crippen molar-refractivity contribution in [2.45, 2.75) is 25.7 Å². The second-order valence-corrected chi connectivity index (χ2v) is 7.63. The molecule has 6 nitrogen and oxygen atoms in total. The number of nitrogens with zero attached hydrogens (tertiary/aromatic N) is 3. The third kappa shape index (κ3) is 4.31. The van der Waals surface area contributed by atoms with E-state index in [0.29, 0.717) is 23.2 Å². The molecule has 1 aliphatic heterocycles. The Hall–Kier alpha value is -2.38. The highest BCUT2D eigenvalue weighted by Crippen LogP contribution is 2.31. The summed E-state index contributed by atoms with van der Waals surface area (Å²) >= 11 is 7.70. The van der Waals surface area contributed by atoms with Crippen LogP contribution in [0.15, 0.2) is 39.4 Å². The van der Waals surface area contributed by atoms with Crippen LogP contribution in [-0.4, -0.2) is 29.2 Å². The zero-order valence-corrected chi connectivity index (χ0v) is 16.2. The van der Waals surface area contributed by atoms with Crippen LogP contribution in [0.3, 0.4) is 0 Å². The highest BCUT2D eigenvalue weighted by Gasteiger charge is 2.18. The SMILES string of the molecule is O=C(CCc1nnc(-c2ccsc2)o1)Nc1cc(Cl)ccc1N1CCCC1. The number of halogens is 1. The van der Waals surface area contributed by atoms with Gasteiger partial charge in [-0.25, -0.2) is 0 Å². The molecule has 0 aliphatic carbocycles. The van der Waals surface area contributed by atoms with E-state index in [1.165, 1.54) is 12.8 Å². The van der Waals surface area contributed by atoms with Gasteiger partial charge in [0.15, 0.2) is 0 Å². The van der Waals surface area contributed by atoms with Crippen molar-refractivity contribution in [1.29, 1.82) is 0 Å². The topological polar surface area (TPSA) is 71.3 Å². The van der Waals surface area contributed by atoms with Gasteiger partial charge < -0.3 is 14.6 Å². The second kappa shape index (κ2) is 8.10. The molecular weight excluding hydrogens is 384 g/mol. The Labute approximate surface area is 166 Å². The first-order valence-corrected chi connectivity index (χ1v) is 10.2. The number of benzene rings is 1. The number of hydrogen-bond donors (Lipinski definition) is 1. The molecule has 1 N–H and O–H groups in total. The van der Waals surface area contributed by atoms with E-state index in [4.69, 9.17) is 16.0 Å². The Morgan fingerprint density at radius 3 is 2.89 bits per heavy atom. The van der Waals surface area contributed by atoms with Crippen molar-refractivity contribution in [3.8, 4) is 11.5 Å². The smallest absolute Gasteiger partial charge is 0.248 e. The summed E-state index contributed by atoms with van der Waals surface area (Å²) in [6, 6.07) is 7.55. The van der Waals surface area contributed by atoms with Crippen LogP contribution >= 0.6 is 22.9 Å². The van der Waals surface area contributed by atoms with E-state index >= 15 is 0 Å². The lowest BCUT2D eigenvalue weighted by Crippen LogP contribution is -2.21. The zero-order valence-electron chi connectivity index (χ0n) is 14.7. The van der Waals surface area contributed by atoms with Gasteiger partial charge in [0.25, 0.3) is 0 Å². The number of carbonyl (C=O) groups is 1. The fraction of sp³-hybridized carbons (Fsp3) is 0.316. The molecule has 1 aliphatic rings. The second-order valence-electron chi connectivity index (χ2n) is 6.42. The molecule has 8 heteroatoms. The zero-order chi connectivity index (χ0) is 18.6. The minimum atomic E-state index is -0.104. The van der Waals surface area contributed by atoms with Gasteiger partial charge in [0, 0.05) is 41.9 Å². The normalized spacial score (nSPS) is 13.9. The first kappa shape index (κ1) is 18.0. The molecule has 27 heavy (non-hydrogen) atoms. The van der Waals surface area contributed by atoms with Crippen LogP contribution in [0.4, 0.5) is 11.4 Å². The molecule has 140 valence electrons. The summed E-state index contributed by atoms with van der Waals surface area (Å²) in [5, 5.41) is 15.5. The van der Waals surface area contributed by atoms with Crippen molar-refractivity contribution >= 4 is 40.2 Å². The monoisotopic (exact) mass is 402 g/mol. The van der Waals surface area contributed by atoms with Crippen molar-refractivity contribution in [1.82, 2.24) is 10.2 Å². The number of aryl methyl sites for hydroxylation is 1. The van der Waals surface area contributed by atoms with Gasteiger partial charge in [0.05, 0.1) is 11.4 Å². The average molecular weight is 403 g/mol. The molecule has 0 radical (unpaired) electrons. The van der Waals surface area contributed by atoms with Gasteiger partial charge in [-0.15, -0.1) is 10.2 Å². The summed E-state index contributed by atoms with van der Waals surface area (Å²) in [6.07, 6.45) is 2.99. The van der Waals surface area contributed by atoms with Gasteiger partial charge >= 0.3 is 0 Å². The van der Waals surface area contributed by atoms with Crippen LogP contribution in [0.25, 0.3) is 11.5 Å². The maximum absolute atomic E-state index is 12.4. The number of thiophene rings is 1. The largest absolute Gasteiger partial charge is 0.421 e. The van der Waals surface area contributed by atoms with Gasteiger partial charge in [-0.1, -0.05) is 11.6 Å². The summed E-state index contributed by atoms with van der Waals surface area (Å²) in [6.45, 7) is 2.00. The molecule has 0 unspecified atom stereocenters. The Balaban J connectivity index is 1.39. The predicted octanol–water partition coefficient (Wildman–Crippen LogP) is 4.62. The van der Waals surface area contributed by atoms with Crippen LogP contribution < -0.4 is 10.2 Å². The number of rotatable bonds is 6. The summed E-state index contributed by atoms with van der Waals surface area (Å²) in [5.41, 5.74) is 2.67. The molecule has 0 bridgehead atoms. The van der Waals surface area contributed by atoms with Gasteiger partial charge in [-0.3, -0.25) is 4.79 Å². The predicted molar refractivity (Wildman–Crippen MR) is 107 cm³/mol. The number of amides is 1. The van der Waals surface area contributed by atoms with Crippen molar-refractivity contribution in [2.75, 3.05) is 23.3 Å². The standard InChI is InChI=1S/C19H19ClN4O2S/c20-14-3-4-16(24-8-1-2-9-24)15(11-14)21-17(25)5-6-18-22-23-19(26-18)13-7-10-27-12-13/h3-4,7,10-12H,1-2,5-6,8-9H2,(H,21,25). The van der Waals surface area contributed by atoms with Crippen LogP contribution in [0, 0.1) is 0 Å². The Bertz CT molecular complexity index is 920. The van der Waals surface area contributed by atoms with Crippen LogP contribution in [0.5, 0.6) is 0 Å². The number of anilines is 2. The minimum Gasteiger partial charge on any atom is -0.421 e. The summed E-state index contributed by atoms with van der Waals surface area (Å²) in [5.74, 6) is 0.836. The number of hydrogen-bond acceptors (Lipinski definition) is 6. The molecule has 0 atom stereocenters. The minimum absolute atomic E-state index is 0.104. The molecule has 1 fully saturated rings. The van der Waals surface area contributed by atoms with Crippen LogP contribution in [-0.2, 0) is 11.2 Å². The highest BCUT2D eigenvalue weighted by atomic mass is 35.5. The lowest BCUT2D eigenvalue weighted by Gasteiger charge is -2.21. The van der Waals surface area contributed by atoms with Gasteiger partial charge in [0.2, 0.25) is 17.7 Å². The fourth-order valence-electron chi connectivity index (χ4n) is 3.13. The summed E-state index contributed by atoms with van der Waals surface area (Å²) in [7, 11) is 0. The van der Waals surface area contributed by atoms with E-state index < -0.39 is 0 Å². The van der Waals surface area contributed by atoms with Crippen molar-refractivity contribution in [2.24, 2.45) is 0 Å². The highest BCUT2D eigenvalue weighted by molar-refractivity contribution is 7.08. The molecular formula is C19H19ClN4O2S. The molecule has 4 rings (SSSR count). The third-order valence-electron chi connectivity index (χ3n) is 4.48. The first-order valence-electron chi connectivity index (χ1n) is 8.88. The molecule has 1 saturated heterocycles. The number of aromatic nitrogens is 2. The van der Waals surface area contributed by atoms with Crippen LogP contribution in [0.2, 0.25) is 5.02 Å². The Kier molecular flexibility index (Phi) is 5.40. The quantitative estimate of drug-likeness (QED) is 0.651. The molecule has 0 saturated carbocycles. The lowest BCUT2D eigenvalue weighted by atomic mass is 10.2. The van der Waals surface area contributed by atoms with Gasteiger partial charge in [-0.05, 0) is 42.5 Å². The first-order chi connectivity index (χ1) is 13.2. The molecule has 1 aromatic carbocycles. The maximum Gasteiger partial charge on any atom is 0.248 e. The van der Waals surface area contributed by atoms with E-state index in [1.807, 2.05) is 29.0 Å². The number of nitrogens with one attached hydrogen (secondary N) is 1. The molecule has 3 aromatic rings. The van der Waals surface area contributed by atoms with Crippen molar-refractivity contribution < 1.29 is 9.21 Å². The number of carbonyl (C=O) groups excluding carboxylic acids is 1. The average Bonchev–Trinajstić information content (AvgIpc) is 3.41. The summed E-state index contributed by atoms with van der Waals surface area (Å²) in [4.78, 5) is 14.7. The maximum atomic E-state index is 12.4. The van der Waals surface area contributed by atoms with E-state index in [0.717, 1.165) is 30.0 Å². The molecule has 2 aromatic heterocycles. The lowest BCUT2D eigenvalue weighted by molar-refractivity contribution is -0.116. The Morgan fingerprint density at radius 2 is 2.11 bits per heavy atom. The molecule has 3 heterocycles. The van der Waals surface area contributed by atoms with Gasteiger partial charge in [-0.2, -0.15) is 11.3 Å². The molecule has 0 spiro atoms. The van der Waals surface area contributed by atoms with E-state index in [-0.39, 0.29) is 12.3 Å². The fourth-order valence-corrected chi connectivity index (χ4v) is 3.93. The summed E-state index contributed by atoms with van der Waals surface area (Å²) < 4.78 is 5.63. The van der Waals surface area contributed by atoms with E-state index in [2.05, 4.69) is 20.4 Å². The van der Waals surface area contributed by atoms with E-state index in [9.17, 15) is 4.79 Å². The Morgan fingerprint density at radius 1 is 1.26 bits per heavy atom. The van der Waals surface area contributed by atoms with Crippen LogP contribution in [0.1, 0.15) is 25.2 Å². The van der Waals surface area contributed by atoms with Crippen molar-refractivity contribution in [3.05, 3.63) is 45.9 Å². The van der Waals surface area contributed by atoms with E-state index in [1.54, 1.807) is 17.4 Å². The van der Waals surface area contributed by atoms with Crippen molar-refractivity contribution in [3.63, 3.8) is 0 Å². The van der Waals surface area contributed by atoms with Gasteiger partial charge in [0.1, 0.15) is 0 Å². The third-order valence-corrected chi connectivity index (χ3v) is 5.40. The molecule has 1 amide bonds.